The van der Waals surface area contributed by atoms with E-state index in [1.165, 1.54) is 0 Å². The zero-order valence-electron chi connectivity index (χ0n) is 24.1. The van der Waals surface area contributed by atoms with Crippen molar-refractivity contribution in [3.05, 3.63) is 79.2 Å². The SMILES string of the molecule is CCCC[C@H](N)C(=O)O.N.N[C@@H](CCC[NH3+])C(=O)O.O=C([O-])Cc1ccccc1.O=C([O-])Cc1ccccc1.[Ag+].[Ag+].[CH3-]. The topological polar surface area (TPSA) is 270 Å². The molecule has 14 heteroatoms. The normalized spacial score (nSPS) is 10.0. The Hall–Kier alpha value is -2.36. The van der Waals surface area contributed by atoms with Gasteiger partial charge in [0.05, 0.1) is 6.54 Å². The van der Waals surface area contributed by atoms with E-state index in [0.717, 1.165) is 36.9 Å². The average Bonchev–Trinajstić information content (AvgIpc) is 2.87. The molecular formula is C28H46Ag2N4O8. The third-order valence-electron chi connectivity index (χ3n) is 4.65. The molecule has 0 amide bonds. The summed E-state index contributed by atoms with van der Waals surface area (Å²) in [5, 5.41) is 36.7. The molecule has 12 N–H and O–H groups in total. The van der Waals surface area contributed by atoms with Crippen molar-refractivity contribution in [3.63, 3.8) is 0 Å². The molecule has 0 radical (unpaired) electrons. The van der Waals surface area contributed by atoms with Gasteiger partial charge in [-0.1, -0.05) is 80.4 Å². The number of rotatable bonds is 12. The van der Waals surface area contributed by atoms with Crippen molar-refractivity contribution in [2.75, 3.05) is 6.54 Å². The first-order chi connectivity index (χ1) is 17.9. The van der Waals surface area contributed by atoms with Crippen molar-refractivity contribution in [1.82, 2.24) is 6.15 Å². The van der Waals surface area contributed by atoms with Gasteiger partial charge in [0.1, 0.15) is 12.1 Å². The third kappa shape index (κ3) is 35.7. The van der Waals surface area contributed by atoms with Gasteiger partial charge in [-0.3, -0.25) is 9.59 Å². The van der Waals surface area contributed by atoms with Crippen molar-refractivity contribution in [2.24, 2.45) is 11.5 Å². The molecule has 2 rings (SSSR count). The number of unbranched alkanes of at least 4 members (excludes halogenated alkanes) is 1. The van der Waals surface area contributed by atoms with E-state index in [1.807, 2.05) is 19.1 Å². The number of carbonyl (C=O) groups excluding carboxylic acids is 2. The van der Waals surface area contributed by atoms with Crippen LogP contribution < -0.4 is 33.6 Å². The first-order valence-corrected chi connectivity index (χ1v) is 12.2. The van der Waals surface area contributed by atoms with Gasteiger partial charge in [-0.15, -0.1) is 0 Å². The zero-order valence-corrected chi connectivity index (χ0v) is 27.1. The maximum absolute atomic E-state index is 10.1. The standard InChI is InChI=1S/2C8H8O2.C6H13NO2.C5H12N2O2.CH3.2Ag.H3N/c2*9-8(10)6-7-4-2-1-3-5-7;1-2-3-4-5(7)6(8)9;6-3-1-2-4(7)5(8)9;;;;/h2*1-5H,6H2,(H,9,10);5H,2-4,7H2,1H3,(H,8,9);4H,1-3,6-7H2,(H,8,9);1H3;;;1H3/q;;;;-1;2*+1;/p-1/t;;5-;4-;;;;/m..00..../s1. The van der Waals surface area contributed by atoms with Crippen molar-refractivity contribution in [3.8, 4) is 0 Å². The number of quaternary nitrogens is 1. The van der Waals surface area contributed by atoms with Crippen LogP contribution in [0.15, 0.2) is 60.7 Å². The van der Waals surface area contributed by atoms with Crippen LogP contribution in [0.25, 0.3) is 0 Å². The second-order valence-corrected chi connectivity index (χ2v) is 8.10. The predicted molar refractivity (Wildman–Crippen MR) is 149 cm³/mol. The minimum atomic E-state index is -1.04. The first-order valence-electron chi connectivity index (χ1n) is 12.2. The van der Waals surface area contributed by atoms with Gasteiger partial charge >= 0.3 is 56.7 Å². The van der Waals surface area contributed by atoms with Gasteiger partial charge in [0.25, 0.3) is 0 Å². The summed E-state index contributed by atoms with van der Waals surface area (Å²) < 4.78 is 0. The molecule has 0 aliphatic carbocycles. The van der Waals surface area contributed by atoms with Crippen LogP contribution in [-0.4, -0.2) is 52.7 Å². The number of aliphatic carboxylic acids is 4. The summed E-state index contributed by atoms with van der Waals surface area (Å²) in [6.45, 7) is 2.76. The number of carboxylic acid groups (broad SMARTS) is 4. The first kappa shape index (κ1) is 52.3. The molecule has 0 aliphatic rings. The van der Waals surface area contributed by atoms with Crippen LogP contribution in [0.4, 0.5) is 0 Å². The molecule has 2 aromatic carbocycles. The Bertz CT molecular complexity index is 851. The minimum Gasteiger partial charge on any atom is -0.550 e. The molecule has 12 nitrogen and oxygen atoms in total. The number of benzene rings is 2. The van der Waals surface area contributed by atoms with Crippen LogP contribution in [0.3, 0.4) is 0 Å². The molecule has 2 atom stereocenters. The summed E-state index contributed by atoms with van der Waals surface area (Å²) in [4.78, 5) is 40.3. The molecule has 0 bridgehead atoms. The molecule has 0 saturated carbocycles. The predicted octanol–water partition coefficient (Wildman–Crippen LogP) is -0.426. The Balaban J connectivity index is -0.0000000999. The molecule has 42 heavy (non-hydrogen) atoms. The van der Waals surface area contributed by atoms with Crippen LogP contribution >= 0.6 is 0 Å². The number of hydrogen-bond donors (Lipinski definition) is 6. The maximum Gasteiger partial charge on any atom is 1.00 e. The summed E-state index contributed by atoms with van der Waals surface area (Å²) in [6, 6.07) is 16.6. The maximum atomic E-state index is 10.1. The van der Waals surface area contributed by atoms with Gasteiger partial charge in [-0.2, -0.15) is 0 Å². The van der Waals surface area contributed by atoms with E-state index in [0.29, 0.717) is 12.8 Å². The molecule has 0 aromatic heterocycles. The molecule has 248 valence electrons. The number of carboxylic acids is 4. The second-order valence-electron chi connectivity index (χ2n) is 8.10. The number of nitrogens with two attached hydrogens (primary N) is 2. The molecule has 0 spiro atoms. The zero-order chi connectivity index (χ0) is 29.3. The van der Waals surface area contributed by atoms with Crippen molar-refractivity contribution in [1.29, 1.82) is 0 Å². The van der Waals surface area contributed by atoms with E-state index in [-0.39, 0.29) is 71.2 Å². The quantitative estimate of drug-likeness (QED) is 0.119. The third-order valence-corrected chi connectivity index (χ3v) is 4.65. The fraction of sp³-hybridized carbons (Fsp3) is 0.393. The summed E-state index contributed by atoms with van der Waals surface area (Å²) in [7, 11) is 0. The molecule has 0 aliphatic heterocycles. The molecule has 0 unspecified atom stereocenters. The Morgan fingerprint density at radius 3 is 1.29 bits per heavy atom. The number of carbonyl (C=O) groups is 4. The van der Waals surface area contributed by atoms with Gasteiger partial charge in [-0.05, 0) is 30.4 Å². The Morgan fingerprint density at radius 2 is 1.05 bits per heavy atom. The van der Waals surface area contributed by atoms with Crippen LogP contribution in [0.1, 0.15) is 50.2 Å². The minimum absolute atomic E-state index is 0. The van der Waals surface area contributed by atoms with Crippen LogP contribution in [0.2, 0.25) is 0 Å². The summed E-state index contributed by atoms with van der Waals surface area (Å²) in [5.74, 6) is -3.90. The molecule has 2 aromatic rings. The monoisotopic (exact) mass is 780 g/mol. The van der Waals surface area contributed by atoms with Gasteiger partial charge in [0.15, 0.2) is 0 Å². The van der Waals surface area contributed by atoms with Gasteiger partial charge in [0, 0.05) is 24.8 Å². The van der Waals surface area contributed by atoms with Gasteiger partial charge in [-0.25, -0.2) is 0 Å². The second kappa shape index (κ2) is 34.8. The van der Waals surface area contributed by atoms with E-state index in [9.17, 15) is 29.4 Å². The summed E-state index contributed by atoms with van der Waals surface area (Å²) in [6.07, 6.45) is 3.80. The van der Waals surface area contributed by atoms with E-state index < -0.39 is 36.0 Å². The fourth-order valence-electron chi connectivity index (χ4n) is 2.56. The Labute approximate surface area is 280 Å². The van der Waals surface area contributed by atoms with E-state index in [1.54, 1.807) is 48.5 Å². The molecule has 0 saturated heterocycles. The Kier molecular flexibility index (Phi) is 43.4. The van der Waals surface area contributed by atoms with Crippen molar-refractivity contribution in [2.45, 2.75) is 64.0 Å². The van der Waals surface area contributed by atoms with Gasteiger partial charge < -0.3 is 60.8 Å². The van der Waals surface area contributed by atoms with Crippen LogP contribution in [-0.2, 0) is 76.8 Å². The van der Waals surface area contributed by atoms with E-state index in [2.05, 4.69) is 5.73 Å². The molecule has 0 fully saturated rings. The Morgan fingerprint density at radius 1 is 0.738 bits per heavy atom. The smallest absolute Gasteiger partial charge is 0.550 e. The molecule has 0 heterocycles. The van der Waals surface area contributed by atoms with Crippen LogP contribution in [0, 0.1) is 7.43 Å². The van der Waals surface area contributed by atoms with E-state index >= 15 is 0 Å². The molecular weight excluding hydrogens is 736 g/mol. The van der Waals surface area contributed by atoms with Gasteiger partial charge in [0.2, 0.25) is 0 Å². The average molecular weight is 782 g/mol. The van der Waals surface area contributed by atoms with E-state index in [4.69, 9.17) is 21.7 Å². The van der Waals surface area contributed by atoms with Crippen molar-refractivity contribution < 1.29 is 90.1 Å². The van der Waals surface area contributed by atoms with Crippen molar-refractivity contribution >= 4 is 23.9 Å². The summed E-state index contributed by atoms with van der Waals surface area (Å²) in [5.41, 5.74) is 15.5. The number of hydrogen-bond acceptors (Lipinski definition) is 9. The largest absolute Gasteiger partial charge is 1.00 e. The fourth-order valence-corrected chi connectivity index (χ4v) is 2.56. The summed E-state index contributed by atoms with van der Waals surface area (Å²) >= 11 is 0. The van der Waals surface area contributed by atoms with Crippen LogP contribution in [0.5, 0.6) is 0 Å².